The fourth-order valence-electron chi connectivity index (χ4n) is 7.31. The van der Waals surface area contributed by atoms with Gasteiger partial charge in [0.15, 0.2) is 0 Å². The van der Waals surface area contributed by atoms with Crippen LogP contribution in [-0.2, 0) is 38.2 Å². The average molecular weight is 817 g/mol. The smallest absolute Gasteiger partial charge is 0.408 e. The molecule has 4 rings (SSSR count). The number of carbonyl (C=O) groups excluding carboxylic acids is 7. The van der Waals surface area contributed by atoms with Gasteiger partial charge in [0.25, 0.3) is 5.91 Å². The molecule has 2 saturated carbocycles. The quantitative estimate of drug-likeness (QED) is 0.159. The largest absolute Gasteiger partial charge is 0.444 e. The minimum absolute atomic E-state index is 0.0944. The molecule has 318 valence electrons. The van der Waals surface area contributed by atoms with E-state index in [2.05, 4.69) is 21.3 Å². The molecule has 2 aliphatic carbocycles. The Morgan fingerprint density at radius 2 is 1.54 bits per heavy atom. The Labute approximate surface area is 341 Å². The molecule has 0 bridgehead atoms. The molecule has 3 aliphatic rings. The summed E-state index contributed by atoms with van der Waals surface area (Å²) in [7, 11) is 3.14. The molecule has 16 heteroatoms. The molecule has 5 atom stereocenters. The van der Waals surface area contributed by atoms with E-state index in [1.807, 2.05) is 20.8 Å². The van der Waals surface area contributed by atoms with Crippen LogP contribution in [0.25, 0.3) is 0 Å². The third-order valence-electron chi connectivity index (χ3n) is 10.8. The lowest BCUT2D eigenvalue weighted by molar-refractivity contribution is -0.143. The average Bonchev–Trinajstić information content (AvgIpc) is 3.60. The number of alkyl carbamates (subject to hydrolysis) is 1. The van der Waals surface area contributed by atoms with Gasteiger partial charge in [-0.1, -0.05) is 57.9 Å². The second-order valence-corrected chi connectivity index (χ2v) is 18.5. The summed E-state index contributed by atoms with van der Waals surface area (Å²) in [5, 5.41) is 12.4. The predicted molar refractivity (Wildman–Crippen MR) is 215 cm³/mol. The highest BCUT2D eigenvalue weighted by molar-refractivity contribution is 7.10. The first-order valence-electron chi connectivity index (χ1n) is 20.4. The number of nitrogens with zero attached hydrogens (tertiary/aromatic N) is 2. The normalized spacial score (nSPS) is 20.5. The summed E-state index contributed by atoms with van der Waals surface area (Å²) in [5.41, 5.74) is -1.33. The number of Topliss-reactive ketones (excluding diaryl/α,β-unsaturated/α-hetero) is 1. The molecule has 57 heavy (non-hydrogen) atoms. The van der Waals surface area contributed by atoms with Crippen molar-refractivity contribution in [2.45, 2.75) is 154 Å². The summed E-state index contributed by atoms with van der Waals surface area (Å²) in [4.78, 5) is 97.9. The molecule has 3 unspecified atom stereocenters. The van der Waals surface area contributed by atoms with Gasteiger partial charge in [0.2, 0.25) is 29.4 Å². The van der Waals surface area contributed by atoms with E-state index in [1.54, 1.807) is 52.4 Å². The van der Waals surface area contributed by atoms with Gasteiger partial charge in [0.1, 0.15) is 23.7 Å². The molecule has 4 N–H and O–H groups in total. The third-order valence-corrected chi connectivity index (χ3v) is 11.8. The monoisotopic (exact) mass is 816 g/mol. The van der Waals surface area contributed by atoms with Crippen molar-refractivity contribution in [3.63, 3.8) is 0 Å². The molecule has 1 aliphatic heterocycles. The van der Waals surface area contributed by atoms with Crippen LogP contribution in [0.4, 0.5) is 4.79 Å². The van der Waals surface area contributed by atoms with E-state index in [0.717, 1.165) is 44.9 Å². The Morgan fingerprint density at radius 3 is 2.12 bits per heavy atom. The second-order valence-electron chi connectivity index (χ2n) is 17.6. The van der Waals surface area contributed by atoms with Crippen molar-refractivity contribution in [1.29, 1.82) is 0 Å². The van der Waals surface area contributed by atoms with Crippen molar-refractivity contribution in [2.24, 2.45) is 11.8 Å². The minimum atomic E-state index is -1.20. The van der Waals surface area contributed by atoms with Crippen LogP contribution < -0.4 is 21.3 Å². The first kappa shape index (κ1) is 45.6. The molecule has 3 fully saturated rings. The highest BCUT2D eigenvalue weighted by atomic mass is 32.1. The Bertz CT molecular complexity index is 1580. The van der Waals surface area contributed by atoms with E-state index in [1.165, 1.54) is 21.1 Å². The SMILES string of the molecule is CCC(C)(C)O[C@@H]1CC(C(=O)NC(CC2CC2)C(=O)C(=O)NCC(=O)N[C@H](C(=O)N(C)C)c2cccs2)N(C(=O)C(CC2CCCCC2)NC(=O)OC(C)(C)C)C1. The molecule has 15 nitrogen and oxygen atoms in total. The standard InChI is InChI=1S/C41H64N6O9S/c1-9-41(5,6)55-27-22-30(47(24-27)37(52)29(21-25-14-11-10-12-15-25)44-39(54)56-40(2,3)4)35(50)43-28(20-26-17-18-26)34(49)36(51)42-23-32(48)45-33(38(53)46(7)8)31-16-13-19-57-31/h13,16,19,25-30,33H,9-12,14-15,17-18,20-24H2,1-8H3,(H,42,51)(H,43,50)(H,44,54)(H,45,48)/t27-,28?,29?,30?,33+/m1/s1. The number of hydrogen-bond donors (Lipinski definition) is 4. The van der Waals surface area contributed by atoms with Crippen LogP contribution >= 0.6 is 11.3 Å². The summed E-state index contributed by atoms with van der Waals surface area (Å²) >= 11 is 1.30. The first-order valence-corrected chi connectivity index (χ1v) is 21.3. The molecule has 2 heterocycles. The predicted octanol–water partition coefficient (Wildman–Crippen LogP) is 4.00. The molecule has 6 amide bonds. The van der Waals surface area contributed by atoms with E-state index < -0.39 is 83.5 Å². The zero-order valence-corrected chi connectivity index (χ0v) is 35.8. The van der Waals surface area contributed by atoms with Gasteiger partial charge in [-0.15, -0.1) is 11.3 Å². The summed E-state index contributed by atoms with van der Waals surface area (Å²) in [6.45, 7) is 10.6. The van der Waals surface area contributed by atoms with Crippen LogP contribution in [0.5, 0.6) is 0 Å². The number of hydrogen-bond acceptors (Lipinski definition) is 10. The number of rotatable bonds is 18. The van der Waals surface area contributed by atoms with Crippen molar-refractivity contribution in [3.05, 3.63) is 22.4 Å². The number of thiophene rings is 1. The highest BCUT2D eigenvalue weighted by Crippen LogP contribution is 2.35. The van der Waals surface area contributed by atoms with Crippen LogP contribution in [0, 0.1) is 11.8 Å². The molecule has 1 aromatic heterocycles. The van der Waals surface area contributed by atoms with Gasteiger partial charge in [0, 0.05) is 31.9 Å². The van der Waals surface area contributed by atoms with Gasteiger partial charge < -0.3 is 40.5 Å². The third kappa shape index (κ3) is 14.1. The topological polar surface area (TPSA) is 193 Å². The fourth-order valence-corrected chi connectivity index (χ4v) is 8.08. The van der Waals surface area contributed by atoms with E-state index in [9.17, 15) is 33.6 Å². The molecule has 0 spiro atoms. The lowest BCUT2D eigenvalue weighted by atomic mass is 9.84. The summed E-state index contributed by atoms with van der Waals surface area (Å²) < 4.78 is 11.9. The van der Waals surface area contributed by atoms with Crippen LogP contribution in [0.3, 0.4) is 0 Å². The summed E-state index contributed by atoms with van der Waals surface area (Å²) in [5.74, 6) is -3.71. The van der Waals surface area contributed by atoms with E-state index in [0.29, 0.717) is 17.7 Å². The zero-order chi connectivity index (χ0) is 42.1. The van der Waals surface area contributed by atoms with Crippen LogP contribution in [0.2, 0.25) is 0 Å². The first-order chi connectivity index (χ1) is 26.8. The summed E-state index contributed by atoms with van der Waals surface area (Å²) in [6.07, 6.45) is 6.94. The van der Waals surface area contributed by atoms with Crippen molar-refractivity contribution < 1.29 is 43.0 Å². The van der Waals surface area contributed by atoms with E-state index in [-0.39, 0.29) is 37.1 Å². The molecule has 1 saturated heterocycles. The lowest BCUT2D eigenvalue weighted by Gasteiger charge is -2.32. The second kappa shape index (κ2) is 20.1. The Hall–Kier alpha value is -4.05. The number of amides is 6. The number of carbonyl (C=O) groups is 7. The maximum Gasteiger partial charge on any atom is 0.408 e. The van der Waals surface area contributed by atoms with Crippen molar-refractivity contribution >= 4 is 52.7 Å². The molecule has 0 radical (unpaired) electrons. The van der Waals surface area contributed by atoms with Gasteiger partial charge in [0.05, 0.1) is 24.3 Å². The number of ketones is 1. The minimum Gasteiger partial charge on any atom is -0.444 e. The van der Waals surface area contributed by atoms with Crippen molar-refractivity contribution in [2.75, 3.05) is 27.2 Å². The molecular weight excluding hydrogens is 753 g/mol. The number of ether oxygens (including phenoxy) is 2. The van der Waals surface area contributed by atoms with Gasteiger partial charge in [-0.05, 0) is 77.2 Å². The maximum absolute atomic E-state index is 14.5. The molecule has 0 aromatic carbocycles. The van der Waals surface area contributed by atoms with Gasteiger partial charge in [-0.25, -0.2) is 4.79 Å². The maximum atomic E-state index is 14.5. The van der Waals surface area contributed by atoms with Gasteiger partial charge >= 0.3 is 6.09 Å². The van der Waals surface area contributed by atoms with Gasteiger partial charge in [-0.3, -0.25) is 28.8 Å². The van der Waals surface area contributed by atoms with Crippen LogP contribution in [0.15, 0.2) is 17.5 Å². The zero-order valence-electron chi connectivity index (χ0n) is 34.9. The van der Waals surface area contributed by atoms with E-state index >= 15 is 0 Å². The van der Waals surface area contributed by atoms with Crippen molar-refractivity contribution in [3.8, 4) is 0 Å². The Balaban J connectivity index is 1.50. The Kier molecular flexibility index (Phi) is 16.1. The molecular formula is C41H64N6O9S. The number of likely N-dealkylation sites (tertiary alicyclic amines) is 1. The highest BCUT2D eigenvalue weighted by Gasteiger charge is 2.46. The van der Waals surface area contributed by atoms with E-state index in [4.69, 9.17) is 9.47 Å². The van der Waals surface area contributed by atoms with Crippen LogP contribution in [-0.4, -0.2) is 114 Å². The Morgan fingerprint density at radius 1 is 0.895 bits per heavy atom. The summed E-state index contributed by atoms with van der Waals surface area (Å²) in [6, 6.07) is -0.689. The van der Waals surface area contributed by atoms with Crippen LogP contribution in [0.1, 0.15) is 123 Å². The lowest BCUT2D eigenvalue weighted by Crippen LogP contribution is -2.57. The van der Waals surface area contributed by atoms with Gasteiger partial charge in [-0.2, -0.15) is 0 Å². The number of nitrogens with one attached hydrogen (secondary N) is 4. The molecule has 1 aromatic rings. The number of likely N-dealkylation sites (N-methyl/N-ethyl adjacent to an activating group) is 1. The van der Waals surface area contributed by atoms with Crippen molar-refractivity contribution in [1.82, 2.24) is 31.1 Å². The fraction of sp³-hybridized carbons (Fsp3) is 0.732.